The zero-order chi connectivity index (χ0) is 10.8. The SMILES string of the molecule is O=C(O)[C@H]1NCC[C@@H]1c1ccc(Cl)cc1. The Kier molecular flexibility index (Phi) is 2.93. The van der Waals surface area contributed by atoms with Crippen molar-refractivity contribution in [3.63, 3.8) is 0 Å². The summed E-state index contributed by atoms with van der Waals surface area (Å²) in [5.74, 6) is -0.729. The van der Waals surface area contributed by atoms with Crippen LogP contribution in [0.15, 0.2) is 24.3 Å². The molecule has 0 amide bonds. The van der Waals surface area contributed by atoms with Gasteiger partial charge in [0.1, 0.15) is 6.04 Å². The van der Waals surface area contributed by atoms with Gasteiger partial charge in [-0.25, -0.2) is 0 Å². The Balaban J connectivity index is 2.22. The van der Waals surface area contributed by atoms with Gasteiger partial charge in [0.15, 0.2) is 0 Å². The van der Waals surface area contributed by atoms with Crippen LogP contribution in [-0.2, 0) is 4.79 Å². The molecule has 1 heterocycles. The van der Waals surface area contributed by atoms with E-state index >= 15 is 0 Å². The van der Waals surface area contributed by atoms with E-state index in [4.69, 9.17) is 16.7 Å². The summed E-state index contributed by atoms with van der Waals surface area (Å²) in [6.07, 6.45) is 0.860. The summed E-state index contributed by atoms with van der Waals surface area (Å²) >= 11 is 5.79. The fourth-order valence-corrected chi connectivity index (χ4v) is 2.16. The fraction of sp³-hybridized carbons (Fsp3) is 0.364. The van der Waals surface area contributed by atoms with Crippen LogP contribution < -0.4 is 5.32 Å². The molecule has 80 valence electrons. The standard InChI is InChI=1S/C11H12ClNO2/c12-8-3-1-7(2-4-8)9-5-6-13-10(9)11(14)15/h1-4,9-10,13H,5-6H2,(H,14,15)/t9-,10+/m1/s1. The quantitative estimate of drug-likeness (QED) is 0.808. The molecule has 1 fully saturated rings. The number of aliphatic carboxylic acids is 1. The molecule has 0 unspecified atom stereocenters. The molecule has 0 spiro atoms. The Hall–Kier alpha value is -1.06. The maximum Gasteiger partial charge on any atom is 0.321 e. The lowest BCUT2D eigenvalue weighted by Crippen LogP contribution is -2.34. The first-order chi connectivity index (χ1) is 7.18. The summed E-state index contributed by atoms with van der Waals surface area (Å²) in [5.41, 5.74) is 1.04. The number of rotatable bonds is 2. The second-order valence-electron chi connectivity index (χ2n) is 3.72. The number of halogens is 1. The number of hydrogen-bond acceptors (Lipinski definition) is 2. The molecule has 2 atom stereocenters. The van der Waals surface area contributed by atoms with E-state index in [1.54, 1.807) is 12.1 Å². The highest BCUT2D eigenvalue weighted by Crippen LogP contribution is 2.28. The zero-order valence-electron chi connectivity index (χ0n) is 8.11. The Labute approximate surface area is 93.1 Å². The molecule has 3 nitrogen and oxygen atoms in total. The Morgan fingerprint density at radius 2 is 2.07 bits per heavy atom. The van der Waals surface area contributed by atoms with Crippen LogP contribution in [0.25, 0.3) is 0 Å². The first-order valence-electron chi connectivity index (χ1n) is 4.90. The third-order valence-electron chi connectivity index (χ3n) is 2.79. The largest absolute Gasteiger partial charge is 0.480 e. The Morgan fingerprint density at radius 1 is 1.40 bits per heavy atom. The van der Waals surface area contributed by atoms with Crippen LogP contribution in [0, 0.1) is 0 Å². The van der Waals surface area contributed by atoms with Crippen molar-refractivity contribution in [3.8, 4) is 0 Å². The molecular weight excluding hydrogens is 214 g/mol. The van der Waals surface area contributed by atoms with Gasteiger partial charge in [0, 0.05) is 10.9 Å². The van der Waals surface area contributed by atoms with Gasteiger partial charge in [0.25, 0.3) is 0 Å². The van der Waals surface area contributed by atoms with E-state index in [0.717, 1.165) is 18.5 Å². The third kappa shape index (κ3) is 2.13. The maximum atomic E-state index is 11.0. The molecule has 0 aliphatic carbocycles. The molecule has 0 radical (unpaired) electrons. The van der Waals surface area contributed by atoms with Gasteiger partial charge >= 0.3 is 5.97 Å². The average Bonchev–Trinajstić information content (AvgIpc) is 2.67. The lowest BCUT2D eigenvalue weighted by molar-refractivity contribution is -0.139. The minimum absolute atomic E-state index is 0.0553. The second kappa shape index (κ2) is 4.21. The normalized spacial score (nSPS) is 25.4. The van der Waals surface area contributed by atoms with Crippen LogP contribution in [0.5, 0.6) is 0 Å². The van der Waals surface area contributed by atoms with Gasteiger partial charge in [-0.05, 0) is 30.7 Å². The molecule has 2 rings (SSSR count). The molecule has 0 saturated carbocycles. The van der Waals surface area contributed by atoms with E-state index < -0.39 is 12.0 Å². The Bertz CT molecular complexity index is 363. The maximum absolute atomic E-state index is 11.0. The third-order valence-corrected chi connectivity index (χ3v) is 3.04. The highest BCUT2D eigenvalue weighted by molar-refractivity contribution is 6.30. The predicted molar refractivity (Wildman–Crippen MR) is 58.2 cm³/mol. The molecule has 0 bridgehead atoms. The van der Waals surface area contributed by atoms with Crippen molar-refractivity contribution in [1.29, 1.82) is 0 Å². The summed E-state index contributed by atoms with van der Waals surface area (Å²) in [5, 5.41) is 12.7. The number of carboxylic acid groups (broad SMARTS) is 1. The lowest BCUT2D eigenvalue weighted by atomic mass is 9.92. The summed E-state index contributed by atoms with van der Waals surface area (Å²) in [4.78, 5) is 11.0. The van der Waals surface area contributed by atoms with E-state index in [9.17, 15) is 4.79 Å². The molecule has 15 heavy (non-hydrogen) atoms. The zero-order valence-corrected chi connectivity index (χ0v) is 8.87. The minimum atomic E-state index is -0.785. The van der Waals surface area contributed by atoms with Crippen molar-refractivity contribution in [2.24, 2.45) is 0 Å². The molecule has 1 saturated heterocycles. The summed E-state index contributed by atoms with van der Waals surface area (Å²) in [6, 6.07) is 6.93. The molecule has 1 aromatic rings. The summed E-state index contributed by atoms with van der Waals surface area (Å²) in [7, 11) is 0. The van der Waals surface area contributed by atoms with Crippen LogP contribution in [0.4, 0.5) is 0 Å². The first kappa shape index (κ1) is 10.5. The lowest BCUT2D eigenvalue weighted by Gasteiger charge is -2.15. The van der Waals surface area contributed by atoms with Crippen molar-refractivity contribution < 1.29 is 9.90 Å². The van der Waals surface area contributed by atoms with E-state index in [0.29, 0.717) is 5.02 Å². The molecule has 0 aromatic heterocycles. The van der Waals surface area contributed by atoms with Crippen LogP contribution in [-0.4, -0.2) is 23.7 Å². The van der Waals surface area contributed by atoms with Crippen molar-refractivity contribution >= 4 is 17.6 Å². The monoisotopic (exact) mass is 225 g/mol. The van der Waals surface area contributed by atoms with Crippen LogP contribution in [0.2, 0.25) is 5.02 Å². The smallest absolute Gasteiger partial charge is 0.321 e. The molecule has 2 N–H and O–H groups in total. The number of carboxylic acids is 1. The van der Waals surface area contributed by atoms with Crippen LogP contribution >= 0.6 is 11.6 Å². The van der Waals surface area contributed by atoms with Gasteiger partial charge in [0.2, 0.25) is 0 Å². The van der Waals surface area contributed by atoms with Gasteiger partial charge in [-0.2, -0.15) is 0 Å². The number of benzene rings is 1. The van der Waals surface area contributed by atoms with Crippen LogP contribution in [0.3, 0.4) is 0 Å². The molecule has 4 heteroatoms. The van der Waals surface area contributed by atoms with Crippen LogP contribution in [0.1, 0.15) is 17.9 Å². The first-order valence-corrected chi connectivity index (χ1v) is 5.28. The van der Waals surface area contributed by atoms with Crippen molar-refractivity contribution in [2.75, 3.05) is 6.54 Å². The van der Waals surface area contributed by atoms with Gasteiger partial charge in [0.05, 0.1) is 0 Å². The van der Waals surface area contributed by atoms with Gasteiger partial charge < -0.3 is 10.4 Å². The van der Waals surface area contributed by atoms with Crippen molar-refractivity contribution in [1.82, 2.24) is 5.32 Å². The highest BCUT2D eigenvalue weighted by atomic mass is 35.5. The van der Waals surface area contributed by atoms with E-state index in [2.05, 4.69) is 5.32 Å². The van der Waals surface area contributed by atoms with E-state index in [-0.39, 0.29) is 5.92 Å². The second-order valence-corrected chi connectivity index (χ2v) is 4.15. The fourth-order valence-electron chi connectivity index (χ4n) is 2.03. The minimum Gasteiger partial charge on any atom is -0.480 e. The van der Waals surface area contributed by atoms with Gasteiger partial charge in [-0.15, -0.1) is 0 Å². The number of nitrogens with one attached hydrogen (secondary N) is 1. The summed E-state index contributed by atoms with van der Waals surface area (Å²) < 4.78 is 0. The van der Waals surface area contributed by atoms with Gasteiger partial charge in [-0.1, -0.05) is 23.7 Å². The highest BCUT2D eigenvalue weighted by Gasteiger charge is 2.33. The van der Waals surface area contributed by atoms with E-state index in [1.807, 2.05) is 12.1 Å². The topological polar surface area (TPSA) is 49.3 Å². The molecular formula is C11H12ClNO2. The molecule has 1 aromatic carbocycles. The van der Waals surface area contributed by atoms with Crippen molar-refractivity contribution in [3.05, 3.63) is 34.9 Å². The number of hydrogen-bond donors (Lipinski definition) is 2. The molecule has 1 aliphatic rings. The average molecular weight is 226 g/mol. The molecule has 1 aliphatic heterocycles. The van der Waals surface area contributed by atoms with E-state index in [1.165, 1.54) is 0 Å². The van der Waals surface area contributed by atoms with Gasteiger partial charge in [-0.3, -0.25) is 4.79 Å². The number of carbonyl (C=O) groups is 1. The Morgan fingerprint density at radius 3 is 2.67 bits per heavy atom. The summed E-state index contributed by atoms with van der Waals surface area (Å²) in [6.45, 7) is 0.754. The van der Waals surface area contributed by atoms with Crippen molar-refractivity contribution in [2.45, 2.75) is 18.4 Å². The predicted octanol–water partition coefficient (Wildman–Crippen LogP) is 1.87.